The van der Waals surface area contributed by atoms with Gasteiger partial charge in [-0.05, 0) is 38.7 Å². The molecule has 0 aromatic carbocycles. The van der Waals surface area contributed by atoms with Gasteiger partial charge in [-0.3, -0.25) is 14.3 Å². The van der Waals surface area contributed by atoms with Crippen molar-refractivity contribution in [3.8, 4) is 0 Å². The number of likely N-dealkylation sites (tertiary alicyclic amines) is 1. The average molecular weight is 292 g/mol. The first-order valence-corrected chi connectivity index (χ1v) is 7.52. The van der Waals surface area contributed by atoms with Crippen molar-refractivity contribution < 1.29 is 9.59 Å². The number of carbonyl (C=O) groups is 2. The summed E-state index contributed by atoms with van der Waals surface area (Å²) in [5.41, 5.74) is 3.33. The van der Waals surface area contributed by atoms with Crippen molar-refractivity contribution in [3.63, 3.8) is 0 Å². The van der Waals surface area contributed by atoms with E-state index in [2.05, 4.69) is 10.4 Å². The maximum atomic E-state index is 11.9. The van der Waals surface area contributed by atoms with E-state index in [-0.39, 0.29) is 18.4 Å². The first kappa shape index (κ1) is 15.5. The fourth-order valence-corrected chi connectivity index (χ4v) is 2.76. The molecule has 6 heteroatoms. The van der Waals surface area contributed by atoms with Gasteiger partial charge in [-0.2, -0.15) is 5.10 Å². The topological polar surface area (TPSA) is 67.2 Å². The monoisotopic (exact) mass is 292 g/mol. The number of aryl methyl sites for hydroxylation is 2. The summed E-state index contributed by atoms with van der Waals surface area (Å²) in [6, 6.07) is 0. The van der Waals surface area contributed by atoms with Crippen molar-refractivity contribution >= 4 is 11.8 Å². The second-order valence-corrected chi connectivity index (χ2v) is 5.65. The van der Waals surface area contributed by atoms with Gasteiger partial charge in [0.1, 0.15) is 0 Å². The lowest BCUT2D eigenvalue weighted by molar-refractivity contribution is -0.137. The standard InChI is InChI=1S/C15H24N4O2/c1-11-13(12(2)18(3)17-11)7-8-16-14(20)10-19-9-5-4-6-15(19)21/h4-10H2,1-3H3,(H,16,20). The normalized spacial score (nSPS) is 15.4. The van der Waals surface area contributed by atoms with Crippen LogP contribution < -0.4 is 5.32 Å². The van der Waals surface area contributed by atoms with Gasteiger partial charge >= 0.3 is 0 Å². The predicted octanol–water partition coefficient (Wildman–Crippen LogP) is 0.708. The van der Waals surface area contributed by atoms with Crippen LogP contribution in [0.5, 0.6) is 0 Å². The SMILES string of the molecule is Cc1nn(C)c(C)c1CCNC(=O)CN1CCCCC1=O. The molecule has 1 aliphatic heterocycles. The van der Waals surface area contributed by atoms with Crippen molar-refractivity contribution in [3.05, 3.63) is 17.0 Å². The zero-order valence-corrected chi connectivity index (χ0v) is 13.1. The number of carbonyl (C=O) groups excluding carboxylic acids is 2. The Balaban J connectivity index is 1.78. The second kappa shape index (κ2) is 6.74. The smallest absolute Gasteiger partial charge is 0.239 e. The van der Waals surface area contributed by atoms with Gasteiger partial charge in [-0.25, -0.2) is 0 Å². The Bertz CT molecular complexity index is 536. The van der Waals surface area contributed by atoms with Crippen LogP contribution in [0.1, 0.15) is 36.2 Å². The lowest BCUT2D eigenvalue weighted by atomic mass is 10.1. The van der Waals surface area contributed by atoms with Crippen LogP contribution in [0.2, 0.25) is 0 Å². The molecular weight excluding hydrogens is 268 g/mol. The highest BCUT2D eigenvalue weighted by molar-refractivity contribution is 5.85. The van der Waals surface area contributed by atoms with E-state index < -0.39 is 0 Å². The highest BCUT2D eigenvalue weighted by atomic mass is 16.2. The first-order valence-electron chi connectivity index (χ1n) is 7.52. The van der Waals surface area contributed by atoms with Crippen molar-refractivity contribution in [2.75, 3.05) is 19.6 Å². The molecule has 2 heterocycles. The Hall–Kier alpha value is -1.85. The molecule has 1 saturated heterocycles. The van der Waals surface area contributed by atoms with Crippen LogP contribution in [0.15, 0.2) is 0 Å². The number of rotatable bonds is 5. The molecule has 1 fully saturated rings. The number of aromatic nitrogens is 2. The minimum Gasteiger partial charge on any atom is -0.354 e. The van der Waals surface area contributed by atoms with Crippen molar-refractivity contribution in [2.24, 2.45) is 7.05 Å². The third kappa shape index (κ3) is 3.83. The molecule has 0 spiro atoms. The van der Waals surface area contributed by atoms with Crippen LogP contribution in [0.3, 0.4) is 0 Å². The molecule has 1 aromatic rings. The molecule has 6 nitrogen and oxygen atoms in total. The third-order valence-corrected chi connectivity index (χ3v) is 4.11. The van der Waals surface area contributed by atoms with Crippen LogP contribution >= 0.6 is 0 Å². The van der Waals surface area contributed by atoms with Crippen LogP contribution in [0.4, 0.5) is 0 Å². The molecular formula is C15H24N4O2. The van der Waals surface area contributed by atoms with Gasteiger partial charge in [-0.1, -0.05) is 0 Å². The molecule has 0 atom stereocenters. The Kier molecular flexibility index (Phi) is 4.98. The summed E-state index contributed by atoms with van der Waals surface area (Å²) in [5.74, 6) is 0.0137. The number of amides is 2. The Morgan fingerprint density at radius 1 is 1.33 bits per heavy atom. The van der Waals surface area contributed by atoms with Gasteiger partial charge in [0.25, 0.3) is 0 Å². The largest absolute Gasteiger partial charge is 0.354 e. The average Bonchev–Trinajstić information content (AvgIpc) is 2.68. The van der Waals surface area contributed by atoms with E-state index in [9.17, 15) is 9.59 Å². The summed E-state index contributed by atoms with van der Waals surface area (Å²) in [7, 11) is 1.92. The minimum atomic E-state index is -0.0792. The molecule has 1 aromatic heterocycles. The molecule has 0 radical (unpaired) electrons. The summed E-state index contributed by atoms with van der Waals surface area (Å²) in [6.07, 6.45) is 3.27. The first-order chi connectivity index (χ1) is 9.99. The van der Waals surface area contributed by atoms with Gasteiger partial charge in [0.15, 0.2) is 0 Å². The van der Waals surface area contributed by atoms with E-state index >= 15 is 0 Å². The summed E-state index contributed by atoms with van der Waals surface area (Å²) < 4.78 is 1.86. The van der Waals surface area contributed by atoms with E-state index in [4.69, 9.17) is 0 Å². The van der Waals surface area contributed by atoms with Crippen LogP contribution in [0, 0.1) is 13.8 Å². The maximum absolute atomic E-state index is 11.9. The number of nitrogens with zero attached hydrogens (tertiary/aromatic N) is 3. The zero-order chi connectivity index (χ0) is 15.4. The minimum absolute atomic E-state index is 0.0792. The molecule has 21 heavy (non-hydrogen) atoms. The van der Waals surface area contributed by atoms with Gasteiger partial charge < -0.3 is 10.2 Å². The number of hydrogen-bond donors (Lipinski definition) is 1. The summed E-state index contributed by atoms with van der Waals surface area (Å²) >= 11 is 0. The van der Waals surface area contributed by atoms with Crippen molar-refractivity contribution in [1.29, 1.82) is 0 Å². The van der Waals surface area contributed by atoms with E-state index in [0.717, 1.165) is 30.7 Å². The molecule has 0 bridgehead atoms. The molecule has 2 amide bonds. The molecule has 0 unspecified atom stereocenters. The van der Waals surface area contributed by atoms with Gasteiger partial charge in [-0.15, -0.1) is 0 Å². The summed E-state index contributed by atoms with van der Waals surface area (Å²) in [4.78, 5) is 25.2. The summed E-state index contributed by atoms with van der Waals surface area (Å²) in [5, 5.41) is 7.26. The van der Waals surface area contributed by atoms with E-state index in [1.54, 1.807) is 4.90 Å². The molecule has 0 saturated carbocycles. The van der Waals surface area contributed by atoms with Crippen molar-refractivity contribution in [2.45, 2.75) is 39.5 Å². The number of nitrogens with one attached hydrogen (secondary N) is 1. The van der Waals surface area contributed by atoms with E-state index in [0.29, 0.717) is 19.5 Å². The molecule has 1 N–H and O–H groups in total. The quantitative estimate of drug-likeness (QED) is 0.869. The second-order valence-electron chi connectivity index (χ2n) is 5.65. The molecule has 2 rings (SSSR count). The van der Waals surface area contributed by atoms with Gasteiger partial charge in [0, 0.05) is 32.3 Å². The van der Waals surface area contributed by atoms with Crippen LogP contribution in [0.25, 0.3) is 0 Å². The van der Waals surface area contributed by atoms with E-state index in [1.807, 2.05) is 25.6 Å². The number of piperidine rings is 1. The molecule has 0 aliphatic carbocycles. The Labute approximate surface area is 125 Å². The predicted molar refractivity (Wildman–Crippen MR) is 79.8 cm³/mol. The van der Waals surface area contributed by atoms with Crippen LogP contribution in [-0.4, -0.2) is 46.1 Å². The van der Waals surface area contributed by atoms with Crippen LogP contribution in [-0.2, 0) is 23.1 Å². The fourth-order valence-electron chi connectivity index (χ4n) is 2.76. The lowest BCUT2D eigenvalue weighted by Crippen LogP contribution is -2.43. The van der Waals surface area contributed by atoms with E-state index in [1.165, 1.54) is 5.56 Å². The van der Waals surface area contributed by atoms with Crippen molar-refractivity contribution in [1.82, 2.24) is 20.0 Å². The highest BCUT2D eigenvalue weighted by Crippen LogP contribution is 2.12. The Morgan fingerprint density at radius 3 is 2.71 bits per heavy atom. The summed E-state index contributed by atoms with van der Waals surface area (Å²) in [6.45, 7) is 5.48. The lowest BCUT2D eigenvalue weighted by Gasteiger charge is -2.25. The fraction of sp³-hybridized carbons (Fsp3) is 0.667. The highest BCUT2D eigenvalue weighted by Gasteiger charge is 2.20. The van der Waals surface area contributed by atoms with Gasteiger partial charge in [0.2, 0.25) is 11.8 Å². The molecule has 116 valence electrons. The third-order valence-electron chi connectivity index (χ3n) is 4.11. The van der Waals surface area contributed by atoms with Gasteiger partial charge in [0.05, 0.1) is 12.2 Å². The molecule has 1 aliphatic rings. The Morgan fingerprint density at radius 2 is 2.10 bits per heavy atom. The number of hydrogen-bond acceptors (Lipinski definition) is 3. The maximum Gasteiger partial charge on any atom is 0.239 e. The zero-order valence-electron chi connectivity index (χ0n) is 13.1.